The van der Waals surface area contributed by atoms with Gasteiger partial charge >= 0.3 is 0 Å². The van der Waals surface area contributed by atoms with Crippen molar-refractivity contribution in [3.63, 3.8) is 0 Å². The number of carbonyl (C=O) groups is 1. The van der Waals surface area contributed by atoms with Crippen LogP contribution in [0.25, 0.3) is 0 Å². The van der Waals surface area contributed by atoms with E-state index >= 15 is 0 Å². The molecule has 0 unspecified atom stereocenters. The lowest BCUT2D eigenvalue weighted by atomic mass is 10.0. The fourth-order valence-electron chi connectivity index (χ4n) is 1.63. The second-order valence-corrected chi connectivity index (χ2v) is 4.71. The minimum atomic E-state index is -0.757. The molecule has 5 heteroatoms. The lowest BCUT2D eigenvalue weighted by Gasteiger charge is -2.05. The first-order valence-corrected chi connectivity index (χ1v) is 5.99. The van der Waals surface area contributed by atoms with Crippen LogP contribution in [0.4, 0.5) is 8.78 Å². The maximum absolute atomic E-state index is 13.7. The number of aryl methyl sites for hydroxylation is 1. The molecule has 0 aliphatic carbocycles. The Bertz CT molecular complexity index is 605. The quantitative estimate of drug-likeness (QED) is 0.632. The van der Waals surface area contributed by atoms with E-state index in [4.69, 9.17) is 4.42 Å². The van der Waals surface area contributed by atoms with Gasteiger partial charge in [-0.1, -0.05) is 0 Å². The zero-order valence-corrected chi connectivity index (χ0v) is 11.1. The molecule has 0 saturated heterocycles. The van der Waals surface area contributed by atoms with Gasteiger partial charge in [0.15, 0.2) is 5.76 Å². The van der Waals surface area contributed by atoms with Crippen molar-refractivity contribution >= 4 is 21.7 Å². The van der Waals surface area contributed by atoms with Gasteiger partial charge in [-0.15, -0.1) is 0 Å². The maximum Gasteiger partial charge on any atom is 0.202 e. The fraction of sp³-hybridized carbons (Fsp3) is 0.154. The molecular weight excluding hydrogens is 306 g/mol. The summed E-state index contributed by atoms with van der Waals surface area (Å²) in [5, 5.41) is 0. The van der Waals surface area contributed by atoms with Crippen molar-refractivity contribution in [2.45, 2.75) is 13.3 Å². The lowest BCUT2D eigenvalue weighted by Crippen LogP contribution is -2.08. The summed E-state index contributed by atoms with van der Waals surface area (Å²) in [4.78, 5) is 11.9. The minimum Gasteiger partial charge on any atom is -0.461 e. The molecule has 2 aromatic rings. The van der Waals surface area contributed by atoms with Crippen molar-refractivity contribution in [2.75, 3.05) is 0 Å². The van der Waals surface area contributed by atoms with E-state index in [2.05, 4.69) is 15.9 Å². The van der Waals surface area contributed by atoms with Crippen molar-refractivity contribution in [1.82, 2.24) is 0 Å². The summed E-state index contributed by atoms with van der Waals surface area (Å²) < 4.78 is 32.3. The van der Waals surface area contributed by atoms with E-state index in [0.717, 1.165) is 6.07 Å². The first-order chi connectivity index (χ1) is 8.50. The Hall–Kier alpha value is -1.49. The summed E-state index contributed by atoms with van der Waals surface area (Å²) in [5.74, 6) is -1.82. The van der Waals surface area contributed by atoms with Crippen LogP contribution in [-0.2, 0) is 6.42 Å². The second kappa shape index (κ2) is 5.02. The predicted octanol–water partition coefficient (Wildman–Crippen LogP) is 4.05. The summed E-state index contributed by atoms with van der Waals surface area (Å²) in [7, 11) is 0. The molecule has 1 aromatic heterocycles. The number of ketones is 1. The molecule has 0 fully saturated rings. The third-order valence-electron chi connectivity index (χ3n) is 2.59. The average molecular weight is 315 g/mol. The number of furan rings is 1. The maximum atomic E-state index is 13.7. The number of hydrogen-bond acceptors (Lipinski definition) is 2. The Labute approximate surface area is 111 Å². The Morgan fingerprint density at radius 2 is 2.06 bits per heavy atom. The van der Waals surface area contributed by atoms with Gasteiger partial charge in [0.05, 0.1) is 10.7 Å². The highest BCUT2D eigenvalue weighted by atomic mass is 79.9. The average Bonchev–Trinajstić information content (AvgIpc) is 2.76. The molecule has 0 spiro atoms. The monoisotopic (exact) mass is 314 g/mol. The van der Waals surface area contributed by atoms with E-state index in [1.165, 1.54) is 12.3 Å². The lowest BCUT2D eigenvalue weighted by molar-refractivity contribution is 0.0963. The van der Waals surface area contributed by atoms with Crippen LogP contribution >= 0.6 is 15.9 Å². The molecule has 0 aliphatic rings. The van der Waals surface area contributed by atoms with Crippen LogP contribution in [-0.4, -0.2) is 5.78 Å². The molecular formula is C13H9BrF2O2. The molecule has 0 bridgehead atoms. The van der Waals surface area contributed by atoms with Crippen LogP contribution in [0, 0.1) is 18.6 Å². The summed E-state index contributed by atoms with van der Waals surface area (Å²) in [6.45, 7) is 1.70. The Kier molecular flexibility index (Phi) is 3.61. The van der Waals surface area contributed by atoms with Gasteiger partial charge in [-0.05, 0) is 46.6 Å². The zero-order chi connectivity index (χ0) is 13.3. The fourth-order valence-corrected chi connectivity index (χ4v) is 2.00. The normalized spacial score (nSPS) is 10.7. The Balaban J connectivity index is 2.33. The van der Waals surface area contributed by atoms with Gasteiger partial charge in [-0.2, -0.15) is 0 Å². The number of Topliss-reactive ketones (excluding diaryl/α,β-unsaturated/α-hetero) is 1. The Morgan fingerprint density at radius 1 is 1.33 bits per heavy atom. The van der Waals surface area contributed by atoms with Gasteiger partial charge in [-0.25, -0.2) is 8.78 Å². The number of carbonyl (C=O) groups excluding carboxylic acids is 1. The molecule has 1 aromatic carbocycles. The van der Waals surface area contributed by atoms with E-state index in [1.54, 1.807) is 13.0 Å². The largest absolute Gasteiger partial charge is 0.461 e. The molecule has 18 heavy (non-hydrogen) atoms. The smallest absolute Gasteiger partial charge is 0.202 e. The topological polar surface area (TPSA) is 30.2 Å². The summed E-state index contributed by atoms with van der Waals surface area (Å²) in [5.41, 5.74) is 0.390. The number of halogens is 3. The van der Waals surface area contributed by atoms with Gasteiger partial charge in [-0.3, -0.25) is 4.79 Å². The summed E-state index contributed by atoms with van der Waals surface area (Å²) in [6, 6.07) is 4.00. The van der Waals surface area contributed by atoms with E-state index in [1.807, 2.05) is 0 Å². The number of benzene rings is 1. The van der Waals surface area contributed by atoms with E-state index < -0.39 is 17.4 Å². The highest BCUT2D eigenvalue weighted by Crippen LogP contribution is 2.23. The first-order valence-electron chi connectivity index (χ1n) is 5.20. The SMILES string of the molecule is Cc1ccoc1C(=O)Cc1c(F)ccc(Br)c1F. The van der Waals surface area contributed by atoms with Gasteiger partial charge < -0.3 is 4.42 Å². The van der Waals surface area contributed by atoms with Gasteiger partial charge in [0, 0.05) is 12.0 Å². The van der Waals surface area contributed by atoms with Crippen LogP contribution in [0.5, 0.6) is 0 Å². The van der Waals surface area contributed by atoms with Crippen LogP contribution < -0.4 is 0 Å². The molecule has 1 heterocycles. The van der Waals surface area contributed by atoms with Crippen LogP contribution in [0.2, 0.25) is 0 Å². The minimum absolute atomic E-state index is 0.128. The van der Waals surface area contributed by atoms with Crippen LogP contribution in [0.1, 0.15) is 21.7 Å². The molecule has 0 aliphatic heterocycles. The summed E-state index contributed by atoms with van der Waals surface area (Å²) in [6.07, 6.45) is 1.00. The highest BCUT2D eigenvalue weighted by Gasteiger charge is 2.19. The van der Waals surface area contributed by atoms with E-state index in [-0.39, 0.29) is 22.2 Å². The molecule has 0 amide bonds. The zero-order valence-electron chi connectivity index (χ0n) is 9.47. The first kappa shape index (κ1) is 13.0. The highest BCUT2D eigenvalue weighted by molar-refractivity contribution is 9.10. The van der Waals surface area contributed by atoms with Gasteiger partial charge in [0.2, 0.25) is 5.78 Å². The molecule has 2 rings (SSSR count). The third kappa shape index (κ3) is 2.36. The molecule has 0 atom stereocenters. The van der Waals surface area contributed by atoms with Gasteiger partial charge in [0.25, 0.3) is 0 Å². The van der Waals surface area contributed by atoms with Crippen molar-refractivity contribution in [3.05, 3.63) is 57.5 Å². The van der Waals surface area contributed by atoms with E-state index in [9.17, 15) is 13.6 Å². The van der Waals surface area contributed by atoms with Crippen molar-refractivity contribution in [1.29, 1.82) is 0 Å². The number of rotatable bonds is 3. The Morgan fingerprint density at radius 3 is 2.67 bits per heavy atom. The van der Waals surface area contributed by atoms with Crippen LogP contribution in [0.15, 0.2) is 33.4 Å². The molecule has 0 saturated carbocycles. The van der Waals surface area contributed by atoms with Crippen molar-refractivity contribution in [2.24, 2.45) is 0 Å². The van der Waals surface area contributed by atoms with E-state index in [0.29, 0.717) is 5.56 Å². The number of hydrogen-bond donors (Lipinski definition) is 0. The molecule has 2 nitrogen and oxygen atoms in total. The summed E-state index contributed by atoms with van der Waals surface area (Å²) >= 11 is 2.96. The van der Waals surface area contributed by atoms with Crippen molar-refractivity contribution < 1.29 is 18.0 Å². The van der Waals surface area contributed by atoms with Gasteiger partial charge in [0.1, 0.15) is 11.6 Å². The molecule has 0 radical (unpaired) electrons. The predicted molar refractivity (Wildman–Crippen MR) is 65.5 cm³/mol. The van der Waals surface area contributed by atoms with Crippen molar-refractivity contribution in [3.8, 4) is 0 Å². The van der Waals surface area contributed by atoms with Crippen LogP contribution in [0.3, 0.4) is 0 Å². The molecule has 0 N–H and O–H groups in total. The standard InChI is InChI=1S/C13H9BrF2O2/c1-7-4-5-18-13(7)11(17)6-8-10(15)3-2-9(14)12(8)16/h2-5H,6H2,1H3. The second-order valence-electron chi connectivity index (χ2n) is 3.85. The third-order valence-corrected chi connectivity index (χ3v) is 3.20. The molecule has 94 valence electrons.